The second-order valence-corrected chi connectivity index (χ2v) is 7.05. The number of likely N-dealkylation sites (tertiary alicyclic amines) is 2. The van der Waals surface area contributed by atoms with Crippen LogP contribution in [0.5, 0.6) is 5.75 Å². The Hall–Kier alpha value is -1.59. The summed E-state index contributed by atoms with van der Waals surface area (Å²) < 4.78 is 10.9. The zero-order valence-electron chi connectivity index (χ0n) is 15.3. The van der Waals surface area contributed by atoms with E-state index in [1.807, 2.05) is 29.2 Å². The van der Waals surface area contributed by atoms with E-state index in [4.69, 9.17) is 9.47 Å². The first-order valence-corrected chi connectivity index (χ1v) is 9.49. The summed E-state index contributed by atoms with van der Waals surface area (Å²) in [6.45, 7) is 4.80. The summed E-state index contributed by atoms with van der Waals surface area (Å²) in [5, 5.41) is 0. The number of amides is 1. The van der Waals surface area contributed by atoms with Gasteiger partial charge >= 0.3 is 0 Å². The predicted octanol–water partition coefficient (Wildman–Crippen LogP) is 2.69. The van der Waals surface area contributed by atoms with Crippen molar-refractivity contribution >= 4 is 5.91 Å². The van der Waals surface area contributed by atoms with E-state index in [2.05, 4.69) is 4.90 Å². The van der Waals surface area contributed by atoms with Crippen LogP contribution in [0.2, 0.25) is 0 Å². The maximum absolute atomic E-state index is 12.5. The van der Waals surface area contributed by atoms with Gasteiger partial charge in [0.1, 0.15) is 12.4 Å². The van der Waals surface area contributed by atoms with E-state index in [0.29, 0.717) is 12.6 Å². The first kappa shape index (κ1) is 18.2. The molecule has 3 rings (SSSR count). The molecule has 1 aromatic carbocycles. The second kappa shape index (κ2) is 9.20. The molecule has 0 aliphatic carbocycles. The zero-order chi connectivity index (χ0) is 17.5. The van der Waals surface area contributed by atoms with Gasteiger partial charge in [-0.25, -0.2) is 0 Å². The monoisotopic (exact) mass is 346 g/mol. The number of methoxy groups -OCH3 is 1. The van der Waals surface area contributed by atoms with Gasteiger partial charge in [-0.3, -0.25) is 4.79 Å². The standard InChI is InChI=1S/C20H30N2O3/c1-24-19-8-4-6-17(14-19)15-25-16-20(23)22-12-5-7-18(9-13-22)21-10-2-3-11-21/h4,6,8,14,18H,2-3,5,7,9-13,15-16H2,1H3. The topological polar surface area (TPSA) is 42.0 Å². The quantitative estimate of drug-likeness (QED) is 0.794. The molecule has 1 atom stereocenters. The van der Waals surface area contributed by atoms with Crippen LogP contribution < -0.4 is 4.74 Å². The number of carbonyl (C=O) groups is 1. The molecule has 2 saturated heterocycles. The molecule has 1 unspecified atom stereocenters. The molecule has 2 aliphatic rings. The lowest BCUT2D eigenvalue weighted by molar-refractivity contribution is -0.136. The van der Waals surface area contributed by atoms with Crippen molar-refractivity contribution in [3.05, 3.63) is 29.8 Å². The molecule has 0 N–H and O–H groups in total. The summed E-state index contributed by atoms with van der Waals surface area (Å²) in [5.41, 5.74) is 1.03. The SMILES string of the molecule is COc1cccc(COCC(=O)N2CCCC(N3CCCC3)CC2)c1. The van der Waals surface area contributed by atoms with Crippen molar-refractivity contribution in [3.63, 3.8) is 0 Å². The third-order valence-electron chi connectivity index (χ3n) is 5.34. The van der Waals surface area contributed by atoms with Gasteiger partial charge < -0.3 is 19.3 Å². The lowest BCUT2D eigenvalue weighted by Crippen LogP contribution is -2.37. The molecule has 1 amide bonds. The van der Waals surface area contributed by atoms with E-state index in [0.717, 1.165) is 37.2 Å². The maximum Gasteiger partial charge on any atom is 0.248 e. The number of rotatable bonds is 6. The average molecular weight is 346 g/mol. The Labute approximate surface area is 150 Å². The van der Waals surface area contributed by atoms with E-state index < -0.39 is 0 Å². The van der Waals surface area contributed by atoms with Gasteiger partial charge in [-0.1, -0.05) is 12.1 Å². The van der Waals surface area contributed by atoms with Gasteiger partial charge in [0, 0.05) is 19.1 Å². The highest BCUT2D eigenvalue weighted by atomic mass is 16.5. The number of hydrogen-bond donors (Lipinski definition) is 0. The van der Waals surface area contributed by atoms with Crippen molar-refractivity contribution in [3.8, 4) is 5.75 Å². The van der Waals surface area contributed by atoms with Crippen LogP contribution in [0.3, 0.4) is 0 Å². The predicted molar refractivity (Wildman–Crippen MR) is 97.7 cm³/mol. The number of hydrogen-bond acceptors (Lipinski definition) is 4. The fraction of sp³-hybridized carbons (Fsp3) is 0.650. The number of ether oxygens (including phenoxy) is 2. The molecule has 2 heterocycles. The molecule has 2 fully saturated rings. The summed E-state index contributed by atoms with van der Waals surface area (Å²) in [4.78, 5) is 17.1. The summed E-state index contributed by atoms with van der Waals surface area (Å²) in [6, 6.07) is 8.43. The molecule has 5 nitrogen and oxygen atoms in total. The summed E-state index contributed by atoms with van der Waals surface area (Å²) in [5.74, 6) is 0.929. The highest BCUT2D eigenvalue weighted by molar-refractivity contribution is 5.77. The minimum Gasteiger partial charge on any atom is -0.497 e. The summed E-state index contributed by atoms with van der Waals surface area (Å²) in [7, 11) is 1.65. The largest absolute Gasteiger partial charge is 0.497 e. The van der Waals surface area contributed by atoms with Gasteiger partial charge in [-0.2, -0.15) is 0 Å². The van der Waals surface area contributed by atoms with Gasteiger partial charge in [0.2, 0.25) is 5.91 Å². The minimum atomic E-state index is 0.116. The molecule has 25 heavy (non-hydrogen) atoms. The Morgan fingerprint density at radius 3 is 2.76 bits per heavy atom. The van der Waals surface area contributed by atoms with Crippen molar-refractivity contribution in [2.45, 2.75) is 44.8 Å². The molecular weight excluding hydrogens is 316 g/mol. The molecule has 1 aromatic rings. The van der Waals surface area contributed by atoms with E-state index in [9.17, 15) is 4.79 Å². The molecule has 0 spiro atoms. The van der Waals surface area contributed by atoms with Gasteiger partial charge in [0.25, 0.3) is 0 Å². The van der Waals surface area contributed by atoms with Crippen LogP contribution in [0.1, 0.15) is 37.7 Å². The van der Waals surface area contributed by atoms with Crippen LogP contribution in [0.15, 0.2) is 24.3 Å². The highest BCUT2D eigenvalue weighted by Gasteiger charge is 2.26. The third kappa shape index (κ3) is 5.19. The van der Waals surface area contributed by atoms with Crippen LogP contribution in [0.25, 0.3) is 0 Å². The summed E-state index contributed by atoms with van der Waals surface area (Å²) >= 11 is 0. The molecule has 5 heteroatoms. The Morgan fingerprint density at radius 2 is 1.96 bits per heavy atom. The molecule has 138 valence electrons. The van der Waals surface area contributed by atoms with Crippen molar-refractivity contribution < 1.29 is 14.3 Å². The Morgan fingerprint density at radius 1 is 1.12 bits per heavy atom. The first-order chi connectivity index (χ1) is 12.3. The van der Waals surface area contributed by atoms with Crippen molar-refractivity contribution in [2.75, 3.05) is 39.9 Å². The first-order valence-electron chi connectivity index (χ1n) is 9.49. The normalized spacial score (nSPS) is 22.0. The van der Waals surface area contributed by atoms with Crippen molar-refractivity contribution in [1.82, 2.24) is 9.80 Å². The Kier molecular flexibility index (Phi) is 6.70. The van der Waals surface area contributed by atoms with Gasteiger partial charge in [0.15, 0.2) is 0 Å². The Bertz CT molecular complexity index is 558. The number of carbonyl (C=O) groups excluding carboxylic acids is 1. The van der Waals surface area contributed by atoms with E-state index in [1.54, 1.807) is 7.11 Å². The fourth-order valence-electron chi connectivity index (χ4n) is 3.91. The maximum atomic E-state index is 12.5. The van der Waals surface area contributed by atoms with Crippen LogP contribution in [0.4, 0.5) is 0 Å². The summed E-state index contributed by atoms with van der Waals surface area (Å²) in [6.07, 6.45) is 6.08. The minimum absolute atomic E-state index is 0.116. The molecule has 0 bridgehead atoms. The molecule has 0 aromatic heterocycles. The van der Waals surface area contributed by atoms with Gasteiger partial charge in [-0.05, 0) is 62.9 Å². The van der Waals surface area contributed by atoms with Crippen molar-refractivity contribution in [2.24, 2.45) is 0 Å². The van der Waals surface area contributed by atoms with E-state index in [-0.39, 0.29) is 12.5 Å². The van der Waals surface area contributed by atoms with Crippen LogP contribution in [0, 0.1) is 0 Å². The van der Waals surface area contributed by atoms with Crippen LogP contribution in [-0.4, -0.2) is 61.6 Å². The highest BCUT2D eigenvalue weighted by Crippen LogP contribution is 2.21. The number of nitrogens with zero attached hydrogens (tertiary/aromatic N) is 2. The smallest absolute Gasteiger partial charge is 0.248 e. The van der Waals surface area contributed by atoms with E-state index in [1.165, 1.54) is 32.4 Å². The fourth-order valence-corrected chi connectivity index (χ4v) is 3.91. The van der Waals surface area contributed by atoms with E-state index >= 15 is 0 Å². The average Bonchev–Trinajstić information content (AvgIpc) is 3.06. The Balaban J connectivity index is 1.41. The van der Waals surface area contributed by atoms with Crippen molar-refractivity contribution in [1.29, 1.82) is 0 Å². The number of benzene rings is 1. The second-order valence-electron chi connectivity index (χ2n) is 7.05. The lowest BCUT2D eigenvalue weighted by Gasteiger charge is -2.26. The molecular formula is C20H30N2O3. The van der Waals surface area contributed by atoms with Crippen LogP contribution >= 0.6 is 0 Å². The zero-order valence-corrected chi connectivity index (χ0v) is 15.3. The van der Waals surface area contributed by atoms with Gasteiger partial charge in [-0.15, -0.1) is 0 Å². The molecule has 2 aliphatic heterocycles. The third-order valence-corrected chi connectivity index (χ3v) is 5.34. The molecule has 0 radical (unpaired) electrons. The lowest BCUT2D eigenvalue weighted by atomic mass is 10.1. The molecule has 0 saturated carbocycles. The van der Waals surface area contributed by atoms with Gasteiger partial charge in [0.05, 0.1) is 13.7 Å². The van der Waals surface area contributed by atoms with Crippen LogP contribution in [-0.2, 0) is 16.1 Å².